The van der Waals surface area contributed by atoms with Gasteiger partial charge in [0.05, 0.1) is 17.9 Å². The SMILES string of the molecule is CCCCN=C=Nc1cccnc1. The minimum atomic E-state index is 0.794. The molecule has 1 aromatic heterocycles. The fourth-order valence-electron chi connectivity index (χ4n) is 0.800. The van der Waals surface area contributed by atoms with E-state index in [-0.39, 0.29) is 0 Å². The molecule has 0 atom stereocenters. The van der Waals surface area contributed by atoms with Crippen molar-refractivity contribution in [1.82, 2.24) is 4.98 Å². The summed E-state index contributed by atoms with van der Waals surface area (Å²) < 4.78 is 0. The van der Waals surface area contributed by atoms with E-state index < -0.39 is 0 Å². The molecule has 0 aromatic carbocycles. The van der Waals surface area contributed by atoms with Gasteiger partial charge in [0.2, 0.25) is 0 Å². The van der Waals surface area contributed by atoms with Crippen LogP contribution in [-0.4, -0.2) is 17.5 Å². The summed E-state index contributed by atoms with van der Waals surface area (Å²) in [5.74, 6) is 0. The smallest absolute Gasteiger partial charge is 0.0949 e. The zero-order chi connectivity index (χ0) is 9.36. The molecule has 13 heavy (non-hydrogen) atoms. The van der Waals surface area contributed by atoms with Crippen molar-refractivity contribution in [2.45, 2.75) is 19.8 Å². The van der Waals surface area contributed by atoms with Gasteiger partial charge in [0.15, 0.2) is 0 Å². The monoisotopic (exact) mass is 175 g/mol. The van der Waals surface area contributed by atoms with E-state index in [2.05, 4.69) is 27.9 Å². The Morgan fingerprint density at radius 1 is 1.54 bits per heavy atom. The van der Waals surface area contributed by atoms with Crippen LogP contribution in [0.5, 0.6) is 0 Å². The zero-order valence-corrected chi connectivity index (χ0v) is 7.77. The highest BCUT2D eigenvalue weighted by molar-refractivity contribution is 5.50. The van der Waals surface area contributed by atoms with Crippen LogP contribution in [0.15, 0.2) is 34.5 Å². The van der Waals surface area contributed by atoms with Gasteiger partial charge in [0.25, 0.3) is 0 Å². The topological polar surface area (TPSA) is 37.6 Å². The van der Waals surface area contributed by atoms with Crippen LogP contribution in [0.1, 0.15) is 19.8 Å². The molecule has 0 saturated heterocycles. The van der Waals surface area contributed by atoms with Gasteiger partial charge in [-0.25, -0.2) is 4.99 Å². The molecule has 0 aliphatic carbocycles. The van der Waals surface area contributed by atoms with Crippen LogP contribution >= 0.6 is 0 Å². The molecule has 0 amide bonds. The molecule has 0 fully saturated rings. The molecule has 0 bridgehead atoms. The summed E-state index contributed by atoms with van der Waals surface area (Å²) in [6, 6.07) is 6.36. The minimum absolute atomic E-state index is 0.794. The summed E-state index contributed by atoms with van der Waals surface area (Å²) in [5.41, 5.74) is 0.794. The molecule has 0 N–H and O–H groups in total. The third kappa shape index (κ3) is 4.19. The van der Waals surface area contributed by atoms with Crippen molar-refractivity contribution in [3.63, 3.8) is 0 Å². The molecule has 0 radical (unpaired) electrons. The third-order valence-corrected chi connectivity index (χ3v) is 1.52. The van der Waals surface area contributed by atoms with Crippen LogP contribution < -0.4 is 0 Å². The molecule has 0 spiro atoms. The van der Waals surface area contributed by atoms with E-state index >= 15 is 0 Å². The van der Waals surface area contributed by atoms with E-state index in [9.17, 15) is 0 Å². The maximum Gasteiger partial charge on any atom is 0.0949 e. The molecule has 3 nitrogen and oxygen atoms in total. The molecular weight excluding hydrogens is 162 g/mol. The van der Waals surface area contributed by atoms with E-state index in [1.807, 2.05) is 12.1 Å². The van der Waals surface area contributed by atoms with E-state index in [1.54, 1.807) is 12.4 Å². The summed E-state index contributed by atoms with van der Waals surface area (Å²) in [5, 5.41) is 0. The number of nitrogens with zero attached hydrogens (tertiary/aromatic N) is 3. The second-order valence-corrected chi connectivity index (χ2v) is 2.66. The van der Waals surface area contributed by atoms with Crippen molar-refractivity contribution in [2.24, 2.45) is 9.98 Å². The third-order valence-electron chi connectivity index (χ3n) is 1.52. The van der Waals surface area contributed by atoms with Crippen LogP contribution in [0.4, 0.5) is 5.69 Å². The number of rotatable bonds is 4. The fraction of sp³-hybridized carbons (Fsp3) is 0.400. The lowest BCUT2D eigenvalue weighted by molar-refractivity contribution is 0.810. The standard InChI is InChI=1S/C10H13N3/c1-2-3-6-12-9-13-10-5-4-7-11-8-10/h4-5,7-8H,2-3,6H2,1H3. The van der Waals surface area contributed by atoms with Gasteiger partial charge in [-0.15, -0.1) is 0 Å². The highest BCUT2D eigenvalue weighted by Crippen LogP contribution is 2.05. The van der Waals surface area contributed by atoms with Crippen molar-refractivity contribution in [1.29, 1.82) is 0 Å². The summed E-state index contributed by atoms with van der Waals surface area (Å²) in [4.78, 5) is 11.9. The highest BCUT2D eigenvalue weighted by Gasteiger charge is 1.82. The lowest BCUT2D eigenvalue weighted by atomic mass is 10.3. The summed E-state index contributed by atoms with van der Waals surface area (Å²) >= 11 is 0. The van der Waals surface area contributed by atoms with Crippen LogP contribution in [0.3, 0.4) is 0 Å². The van der Waals surface area contributed by atoms with Crippen molar-refractivity contribution < 1.29 is 0 Å². The number of aromatic nitrogens is 1. The molecular formula is C10H13N3. The largest absolute Gasteiger partial charge is 0.262 e. The van der Waals surface area contributed by atoms with E-state index in [1.165, 1.54) is 0 Å². The van der Waals surface area contributed by atoms with Crippen LogP contribution in [0.2, 0.25) is 0 Å². The van der Waals surface area contributed by atoms with Crippen molar-refractivity contribution >= 4 is 11.7 Å². The number of pyridine rings is 1. The minimum Gasteiger partial charge on any atom is -0.262 e. The molecule has 0 saturated carbocycles. The second kappa shape index (κ2) is 6.09. The Kier molecular flexibility index (Phi) is 4.51. The van der Waals surface area contributed by atoms with Crippen molar-refractivity contribution in [3.05, 3.63) is 24.5 Å². The van der Waals surface area contributed by atoms with E-state index in [0.717, 1.165) is 25.1 Å². The predicted octanol–water partition coefficient (Wildman–Crippen LogP) is 2.69. The Labute approximate surface area is 78.3 Å². The highest BCUT2D eigenvalue weighted by atomic mass is 14.8. The number of hydrogen-bond acceptors (Lipinski definition) is 3. The van der Waals surface area contributed by atoms with Gasteiger partial charge in [0, 0.05) is 12.7 Å². The first-order valence-electron chi connectivity index (χ1n) is 4.45. The average Bonchev–Trinajstić information content (AvgIpc) is 2.19. The van der Waals surface area contributed by atoms with Crippen LogP contribution in [0.25, 0.3) is 0 Å². The molecule has 0 aliphatic rings. The van der Waals surface area contributed by atoms with Gasteiger partial charge in [-0.1, -0.05) is 13.3 Å². The van der Waals surface area contributed by atoms with Gasteiger partial charge in [-0.2, -0.15) is 4.99 Å². The lowest BCUT2D eigenvalue weighted by Gasteiger charge is -1.86. The first kappa shape index (κ1) is 9.62. The van der Waals surface area contributed by atoms with Gasteiger partial charge in [-0.3, -0.25) is 4.98 Å². The predicted molar refractivity (Wildman–Crippen MR) is 53.5 cm³/mol. The van der Waals surface area contributed by atoms with Gasteiger partial charge in [0.1, 0.15) is 0 Å². The fourth-order valence-corrected chi connectivity index (χ4v) is 0.800. The number of unbranched alkanes of at least 4 members (excludes halogenated alkanes) is 1. The van der Waals surface area contributed by atoms with Crippen molar-refractivity contribution in [2.75, 3.05) is 6.54 Å². The Bertz CT molecular complexity index is 286. The quantitative estimate of drug-likeness (QED) is 0.512. The lowest BCUT2D eigenvalue weighted by Crippen LogP contribution is -1.75. The molecule has 0 unspecified atom stereocenters. The summed E-state index contributed by atoms with van der Waals surface area (Å²) in [6.45, 7) is 2.94. The molecule has 1 rings (SSSR count). The van der Waals surface area contributed by atoms with Gasteiger partial charge >= 0.3 is 0 Å². The van der Waals surface area contributed by atoms with Gasteiger partial charge in [-0.05, 0) is 18.6 Å². The van der Waals surface area contributed by atoms with Gasteiger partial charge < -0.3 is 0 Å². The van der Waals surface area contributed by atoms with Crippen molar-refractivity contribution in [3.8, 4) is 0 Å². The van der Waals surface area contributed by atoms with Crippen LogP contribution in [0, 0.1) is 0 Å². The summed E-state index contributed by atoms with van der Waals surface area (Å²) in [7, 11) is 0. The molecule has 68 valence electrons. The molecule has 1 aromatic rings. The second-order valence-electron chi connectivity index (χ2n) is 2.66. The molecule has 0 aliphatic heterocycles. The van der Waals surface area contributed by atoms with Crippen LogP contribution in [-0.2, 0) is 0 Å². The Morgan fingerprint density at radius 2 is 2.46 bits per heavy atom. The maximum atomic E-state index is 4.01. The molecule has 1 heterocycles. The Hall–Kier alpha value is -1.47. The maximum absolute atomic E-state index is 4.01. The van der Waals surface area contributed by atoms with E-state index in [4.69, 9.17) is 0 Å². The number of hydrogen-bond donors (Lipinski definition) is 0. The normalized spacial score (nSPS) is 9.00. The summed E-state index contributed by atoms with van der Waals surface area (Å²) in [6.07, 6.45) is 5.64. The first-order chi connectivity index (χ1) is 6.43. The Balaban J connectivity index is 2.44. The first-order valence-corrected chi connectivity index (χ1v) is 4.45. The average molecular weight is 175 g/mol. The Morgan fingerprint density at radius 3 is 3.15 bits per heavy atom. The zero-order valence-electron chi connectivity index (χ0n) is 7.77. The van der Waals surface area contributed by atoms with E-state index in [0.29, 0.717) is 0 Å². The molecule has 3 heteroatoms. The number of aliphatic imine (C=N–C) groups is 2.